The van der Waals surface area contributed by atoms with Gasteiger partial charge < -0.3 is 4.74 Å². The van der Waals surface area contributed by atoms with Gasteiger partial charge in [-0.15, -0.1) is 0 Å². The van der Waals surface area contributed by atoms with E-state index in [1.54, 1.807) is 0 Å². The Bertz CT molecular complexity index is 212. The van der Waals surface area contributed by atoms with E-state index in [0.29, 0.717) is 0 Å². The van der Waals surface area contributed by atoms with Crippen LogP contribution in [0.25, 0.3) is 0 Å². The van der Waals surface area contributed by atoms with Gasteiger partial charge in [0.2, 0.25) is 0 Å². The molecule has 0 N–H and O–H groups in total. The summed E-state index contributed by atoms with van der Waals surface area (Å²) in [6.07, 6.45) is 8.44. The Morgan fingerprint density at radius 3 is 2.21 bits per heavy atom. The van der Waals surface area contributed by atoms with Crippen LogP contribution < -0.4 is 0 Å². The average Bonchev–Trinajstić information content (AvgIpc) is 2.62. The molecule has 1 unspecified atom stereocenters. The van der Waals surface area contributed by atoms with Crippen molar-refractivity contribution in [2.75, 3.05) is 20.2 Å². The zero-order chi connectivity index (χ0) is 9.60. The first-order chi connectivity index (χ1) is 6.89. The number of rotatable bonds is 2. The van der Waals surface area contributed by atoms with Crippen LogP contribution in [-0.2, 0) is 4.74 Å². The summed E-state index contributed by atoms with van der Waals surface area (Å²) in [5, 5.41) is 0. The number of likely N-dealkylation sites (tertiary alicyclic amines) is 1. The van der Waals surface area contributed by atoms with Crippen LogP contribution in [0.5, 0.6) is 0 Å². The molecule has 0 aromatic heterocycles. The Morgan fingerprint density at radius 1 is 1.00 bits per heavy atom. The molecule has 80 valence electrons. The van der Waals surface area contributed by atoms with E-state index in [4.69, 9.17) is 4.74 Å². The van der Waals surface area contributed by atoms with Crippen LogP contribution in [0.3, 0.4) is 0 Å². The summed E-state index contributed by atoms with van der Waals surface area (Å²) in [5.74, 6) is 1.76. The summed E-state index contributed by atoms with van der Waals surface area (Å²) in [5.41, 5.74) is 0.207. The molecule has 2 saturated carbocycles. The predicted octanol–water partition coefficient (Wildman–Crippen LogP) is 2.24. The molecule has 0 aromatic carbocycles. The molecule has 0 radical (unpaired) electrons. The molecule has 3 atom stereocenters. The smallest absolute Gasteiger partial charge is 0.127 e. The van der Waals surface area contributed by atoms with Crippen LogP contribution >= 0.6 is 0 Å². The van der Waals surface area contributed by atoms with Crippen molar-refractivity contribution in [3.8, 4) is 0 Å². The minimum Gasteiger partial charge on any atom is -0.363 e. The highest BCUT2D eigenvalue weighted by Crippen LogP contribution is 2.64. The molecule has 0 spiro atoms. The highest BCUT2D eigenvalue weighted by atomic mass is 16.5. The monoisotopic (exact) mass is 195 g/mol. The first-order valence-corrected chi connectivity index (χ1v) is 6.20. The van der Waals surface area contributed by atoms with Gasteiger partial charge in [-0.1, -0.05) is 12.8 Å². The third-order valence-corrected chi connectivity index (χ3v) is 4.65. The zero-order valence-corrected chi connectivity index (χ0v) is 9.17. The number of nitrogens with zero attached hydrogens (tertiary/aromatic N) is 1. The van der Waals surface area contributed by atoms with Gasteiger partial charge in [-0.25, -0.2) is 0 Å². The van der Waals surface area contributed by atoms with Crippen molar-refractivity contribution in [2.24, 2.45) is 11.8 Å². The van der Waals surface area contributed by atoms with Gasteiger partial charge in [0.25, 0.3) is 0 Å². The summed E-state index contributed by atoms with van der Waals surface area (Å²) in [6.45, 7) is 2.56. The van der Waals surface area contributed by atoms with E-state index in [-0.39, 0.29) is 5.72 Å². The van der Waals surface area contributed by atoms with Crippen molar-refractivity contribution in [1.29, 1.82) is 0 Å². The van der Waals surface area contributed by atoms with Crippen LogP contribution in [-0.4, -0.2) is 30.8 Å². The SMILES string of the molecule is COC1(N2CCCCC2)[C@@H]2CCC[C@@H]21. The molecule has 2 aliphatic carbocycles. The van der Waals surface area contributed by atoms with Crippen LogP contribution in [0.2, 0.25) is 0 Å². The van der Waals surface area contributed by atoms with Gasteiger partial charge in [0.15, 0.2) is 0 Å². The van der Waals surface area contributed by atoms with Crippen molar-refractivity contribution in [3.63, 3.8) is 0 Å². The molecular weight excluding hydrogens is 174 g/mol. The lowest BCUT2D eigenvalue weighted by Crippen LogP contribution is -2.45. The summed E-state index contributed by atoms with van der Waals surface area (Å²) >= 11 is 0. The fourth-order valence-electron chi connectivity index (χ4n) is 4.01. The largest absolute Gasteiger partial charge is 0.363 e. The summed E-state index contributed by atoms with van der Waals surface area (Å²) < 4.78 is 5.88. The first kappa shape index (κ1) is 9.17. The summed E-state index contributed by atoms with van der Waals surface area (Å²) in [4.78, 5) is 2.64. The zero-order valence-electron chi connectivity index (χ0n) is 9.17. The van der Waals surface area contributed by atoms with Gasteiger partial charge in [-0.05, 0) is 25.7 Å². The number of hydrogen-bond acceptors (Lipinski definition) is 2. The van der Waals surface area contributed by atoms with E-state index in [9.17, 15) is 0 Å². The van der Waals surface area contributed by atoms with Crippen LogP contribution in [0.1, 0.15) is 38.5 Å². The van der Waals surface area contributed by atoms with Crippen molar-refractivity contribution < 1.29 is 4.74 Å². The van der Waals surface area contributed by atoms with Gasteiger partial charge in [0, 0.05) is 32.0 Å². The molecule has 1 saturated heterocycles. The van der Waals surface area contributed by atoms with Gasteiger partial charge in [-0.2, -0.15) is 0 Å². The lowest BCUT2D eigenvalue weighted by atomic mass is 10.1. The fourth-order valence-corrected chi connectivity index (χ4v) is 4.01. The molecule has 2 heteroatoms. The molecule has 3 fully saturated rings. The minimum atomic E-state index is 0.207. The number of fused-ring (bicyclic) bond motifs is 1. The highest BCUT2D eigenvalue weighted by molar-refractivity contribution is 5.15. The second-order valence-electron chi connectivity index (χ2n) is 5.15. The van der Waals surface area contributed by atoms with E-state index in [2.05, 4.69) is 4.90 Å². The number of methoxy groups -OCH3 is 1. The second kappa shape index (κ2) is 3.21. The molecule has 0 amide bonds. The van der Waals surface area contributed by atoms with E-state index in [1.165, 1.54) is 51.6 Å². The molecular formula is C12H21NO. The molecule has 1 aliphatic heterocycles. The van der Waals surface area contributed by atoms with E-state index in [1.807, 2.05) is 7.11 Å². The average molecular weight is 195 g/mol. The summed E-state index contributed by atoms with van der Waals surface area (Å²) in [6, 6.07) is 0. The van der Waals surface area contributed by atoms with Gasteiger partial charge in [-0.3, -0.25) is 4.90 Å². The molecule has 14 heavy (non-hydrogen) atoms. The maximum Gasteiger partial charge on any atom is 0.127 e. The normalized spacial score (nSPS) is 47.8. The molecule has 3 rings (SSSR count). The van der Waals surface area contributed by atoms with E-state index in [0.717, 1.165) is 11.8 Å². The van der Waals surface area contributed by atoms with E-state index >= 15 is 0 Å². The Hall–Kier alpha value is -0.0800. The van der Waals surface area contributed by atoms with Crippen LogP contribution in [0.15, 0.2) is 0 Å². The van der Waals surface area contributed by atoms with Gasteiger partial charge >= 0.3 is 0 Å². The lowest BCUT2D eigenvalue weighted by molar-refractivity contribution is -0.0916. The quantitative estimate of drug-likeness (QED) is 0.670. The highest BCUT2D eigenvalue weighted by Gasteiger charge is 2.69. The van der Waals surface area contributed by atoms with Gasteiger partial charge in [0.05, 0.1) is 0 Å². The summed E-state index contributed by atoms with van der Waals surface area (Å²) in [7, 11) is 1.92. The predicted molar refractivity (Wildman–Crippen MR) is 56.0 cm³/mol. The third kappa shape index (κ3) is 1.04. The van der Waals surface area contributed by atoms with Crippen LogP contribution in [0, 0.1) is 11.8 Å². The van der Waals surface area contributed by atoms with Gasteiger partial charge in [0.1, 0.15) is 5.72 Å². The maximum atomic E-state index is 5.88. The fraction of sp³-hybridized carbons (Fsp3) is 1.00. The van der Waals surface area contributed by atoms with Crippen LogP contribution in [0.4, 0.5) is 0 Å². The molecule has 2 nitrogen and oxygen atoms in total. The topological polar surface area (TPSA) is 12.5 Å². The first-order valence-electron chi connectivity index (χ1n) is 6.20. The molecule has 0 bridgehead atoms. The van der Waals surface area contributed by atoms with Crippen molar-refractivity contribution >= 4 is 0 Å². The number of piperidine rings is 1. The number of hydrogen-bond donors (Lipinski definition) is 0. The standard InChI is InChI=1S/C12H21NO/c1-14-12(10-6-5-7-11(10)12)13-8-3-2-4-9-13/h10-11H,2-9H2,1H3/t10-,11+,12?. The minimum absolute atomic E-state index is 0.207. The molecule has 1 heterocycles. The van der Waals surface area contributed by atoms with E-state index < -0.39 is 0 Å². The Morgan fingerprint density at radius 2 is 1.64 bits per heavy atom. The number of ether oxygens (including phenoxy) is 1. The Labute approximate surface area is 86.6 Å². The third-order valence-electron chi connectivity index (χ3n) is 4.65. The molecule has 3 aliphatic rings. The lowest BCUT2D eigenvalue weighted by Gasteiger charge is -2.36. The van der Waals surface area contributed by atoms with Crippen molar-refractivity contribution in [3.05, 3.63) is 0 Å². The molecule has 0 aromatic rings. The Balaban J connectivity index is 1.74. The van der Waals surface area contributed by atoms with Crippen molar-refractivity contribution in [2.45, 2.75) is 44.2 Å². The second-order valence-corrected chi connectivity index (χ2v) is 5.15. The van der Waals surface area contributed by atoms with Crippen molar-refractivity contribution in [1.82, 2.24) is 4.90 Å². The Kier molecular flexibility index (Phi) is 2.10. The maximum absolute atomic E-state index is 5.88.